The largest absolute Gasteiger partial charge is 0.334 e. The molecule has 3 nitrogen and oxygen atoms in total. The molecule has 0 saturated carbocycles. The summed E-state index contributed by atoms with van der Waals surface area (Å²) in [5, 5.41) is 5.46. The number of nitrogens with one attached hydrogen (secondary N) is 2. The number of allylic oxidation sites excluding steroid dienone is 2. The van der Waals surface area contributed by atoms with Crippen molar-refractivity contribution in [1.29, 1.82) is 0 Å². The molecule has 0 saturated heterocycles. The molecule has 2 N–H and O–H groups in total. The number of urea groups is 1. The summed E-state index contributed by atoms with van der Waals surface area (Å²) in [7, 11) is 0. The van der Waals surface area contributed by atoms with E-state index in [2.05, 4.69) is 39.7 Å². The van der Waals surface area contributed by atoms with Gasteiger partial charge in [0.25, 0.3) is 0 Å². The van der Waals surface area contributed by atoms with Crippen LogP contribution in [0.25, 0.3) is 0 Å². The van der Waals surface area contributed by atoms with Crippen LogP contribution in [0.3, 0.4) is 0 Å². The van der Waals surface area contributed by atoms with Crippen LogP contribution in [-0.4, -0.2) is 12.6 Å². The second-order valence-corrected chi connectivity index (χ2v) is 4.41. The van der Waals surface area contributed by atoms with Crippen molar-refractivity contribution in [2.24, 2.45) is 0 Å². The summed E-state index contributed by atoms with van der Waals surface area (Å²) < 4.78 is 0.969. The van der Waals surface area contributed by atoms with Gasteiger partial charge in [-0.1, -0.05) is 47.3 Å². The lowest BCUT2D eigenvalue weighted by atomic mass is 10.2. The number of rotatable bonds is 5. The highest BCUT2D eigenvalue weighted by molar-refractivity contribution is 9.10. The van der Waals surface area contributed by atoms with Gasteiger partial charge in [-0.15, -0.1) is 0 Å². The van der Waals surface area contributed by atoms with E-state index >= 15 is 0 Å². The van der Waals surface area contributed by atoms with Crippen LogP contribution in [-0.2, 0) is 0 Å². The zero-order chi connectivity index (χ0) is 13.4. The third-order valence-corrected chi connectivity index (χ3v) is 2.68. The molecule has 4 heteroatoms. The Bertz CT molecular complexity index is 463. The van der Waals surface area contributed by atoms with E-state index in [4.69, 9.17) is 0 Å². The van der Waals surface area contributed by atoms with Gasteiger partial charge in [-0.05, 0) is 29.8 Å². The second-order valence-electron chi connectivity index (χ2n) is 3.50. The molecule has 0 spiro atoms. The smallest absolute Gasteiger partial charge is 0.319 e. The maximum Gasteiger partial charge on any atom is 0.319 e. The number of carbonyl (C=O) groups is 1. The predicted molar refractivity (Wildman–Crippen MR) is 79.6 cm³/mol. The van der Waals surface area contributed by atoms with Crippen molar-refractivity contribution >= 4 is 27.6 Å². The number of benzene rings is 1. The molecule has 0 aliphatic carbocycles. The summed E-state index contributed by atoms with van der Waals surface area (Å²) in [6.07, 6.45) is 5.14. The zero-order valence-electron chi connectivity index (χ0n) is 9.95. The van der Waals surface area contributed by atoms with Crippen LogP contribution in [0.5, 0.6) is 0 Å². The number of carbonyl (C=O) groups excluding carboxylic acids is 1. The Morgan fingerprint density at radius 3 is 2.50 bits per heavy atom. The van der Waals surface area contributed by atoms with Gasteiger partial charge in [-0.2, -0.15) is 0 Å². The fourth-order valence-electron chi connectivity index (χ4n) is 1.24. The van der Waals surface area contributed by atoms with Crippen molar-refractivity contribution in [2.75, 3.05) is 11.9 Å². The Hall–Kier alpha value is -1.81. The van der Waals surface area contributed by atoms with E-state index in [1.165, 1.54) is 0 Å². The van der Waals surface area contributed by atoms with Crippen molar-refractivity contribution in [3.63, 3.8) is 0 Å². The number of hydrogen-bond donors (Lipinski definition) is 2. The first-order valence-electron chi connectivity index (χ1n) is 5.40. The van der Waals surface area contributed by atoms with E-state index in [1.54, 1.807) is 18.2 Å². The maximum atomic E-state index is 11.6. The lowest BCUT2D eigenvalue weighted by molar-refractivity contribution is 0.253. The fourth-order valence-corrected chi connectivity index (χ4v) is 1.51. The number of anilines is 1. The summed E-state index contributed by atoms with van der Waals surface area (Å²) in [6.45, 7) is 7.67. The average Bonchev–Trinajstić information content (AvgIpc) is 2.37. The Kier molecular flexibility index (Phi) is 5.94. The third kappa shape index (κ3) is 5.01. The van der Waals surface area contributed by atoms with Crippen LogP contribution < -0.4 is 10.6 Å². The van der Waals surface area contributed by atoms with Gasteiger partial charge in [-0.3, -0.25) is 0 Å². The minimum atomic E-state index is -0.255. The Morgan fingerprint density at radius 2 is 1.94 bits per heavy atom. The van der Waals surface area contributed by atoms with Gasteiger partial charge >= 0.3 is 6.03 Å². The summed E-state index contributed by atoms with van der Waals surface area (Å²) in [6, 6.07) is 7.11. The highest BCUT2D eigenvalue weighted by Gasteiger charge is 2.01. The molecule has 1 aromatic rings. The molecular weight excluding hydrogens is 292 g/mol. The highest BCUT2D eigenvalue weighted by atomic mass is 79.9. The summed E-state index contributed by atoms with van der Waals surface area (Å²) in [5.41, 5.74) is 1.64. The minimum Gasteiger partial charge on any atom is -0.334 e. The Morgan fingerprint density at radius 1 is 1.28 bits per heavy atom. The van der Waals surface area contributed by atoms with Crippen LogP contribution in [0.1, 0.15) is 0 Å². The molecule has 1 rings (SSSR count). The van der Waals surface area contributed by atoms with Gasteiger partial charge in [0.15, 0.2) is 0 Å². The predicted octanol–water partition coefficient (Wildman–Crippen LogP) is 3.87. The van der Waals surface area contributed by atoms with E-state index in [9.17, 15) is 4.79 Å². The van der Waals surface area contributed by atoms with E-state index < -0.39 is 0 Å². The number of hydrogen-bond acceptors (Lipinski definition) is 1. The van der Waals surface area contributed by atoms with Crippen LogP contribution in [0.15, 0.2) is 65.7 Å². The van der Waals surface area contributed by atoms with Crippen LogP contribution in [0.4, 0.5) is 10.5 Å². The monoisotopic (exact) mass is 306 g/mol. The van der Waals surface area contributed by atoms with Gasteiger partial charge < -0.3 is 10.6 Å². The van der Waals surface area contributed by atoms with Crippen LogP contribution in [0, 0.1) is 0 Å². The van der Waals surface area contributed by atoms with Gasteiger partial charge in [0.05, 0.1) is 0 Å². The summed E-state index contributed by atoms with van der Waals surface area (Å²) in [5.74, 6) is 0. The molecule has 2 amide bonds. The molecule has 0 aliphatic heterocycles. The molecule has 0 heterocycles. The molecule has 94 valence electrons. The average molecular weight is 307 g/mol. The van der Waals surface area contributed by atoms with Crippen molar-refractivity contribution < 1.29 is 4.79 Å². The van der Waals surface area contributed by atoms with Gasteiger partial charge in [0.1, 0.15) is 0 Å². The molecule has 0 unspecified atom stereocenters. The standard InChI is InChI=1S/C14H15BrN2O/c1-3-5-11(4-2)10-16-14(18)17-13-8-6-12(15)7-9-13/h3-9H,1-2,10H2,(H2,16,17,18)/b11-5+. The van der Waals surface area contributed by atoms with E-state index in [-0.39, 0.29) is 6.03 Å². The first kappa shape index (κ1) is 14.3. The summed E-state index contributed by atoms with van der Waals surface area (Å²) >= 11 is 3.33. The molecule has 0 fully saturated rings. The quantitative estimate of drug-likeness (QED) is 0.797. The topological polar surface area (TPSA) is 41.1 Å². The van der Waals surface area contributed by atoms with E-state index in [1.807, 2.05) is 24.3 Å². The SMILES string of the molecule is C=C/C=C(\C=C)CNC(=O)Nc1ccc(Br)cc1. The molecular formula is C14H15BrN2O. The molecule has 0 aromatic heterocycles. The van der Waals surface area contributed by atoms with Crippen LogP contribution in [0.2, 0.25) is 0 Å². The molecule has 0 aliphatic rings. The molecule has 0 bridgehead atoms. The Balaban J connectivity index is 2.47. The fraction of sp³-hybridized carbons (Fsp3) is 0.0714. The highest BCUT2D eigenvalue weighted by Crippen LogP contribution is 2.13. The zero-order valence-corrected chi connectivity index (χ0v) is 11.5. The third-order valence-electron chi connectivity index (χ3n) is 2.15. The lowest BCUT2D eigenvalue weighted by Gasteiger charge is -2.08. The normalized spacial score (nSPS) is 10.6. The first-order chi connectivity index (χ1) is 8.65. The van der Waals surface area contributed by atoms with E-state index in [0.717, 1.165) is 15.7 Å². The van der Waals surface area contributed by atoms with E-state index in [0.29, 0.717) is 6.54 Å². The number of amides is 2. The van der Waals surface area contributed by atoms with Crippen molar-refractivity contribution in [1.82, 2.24) is 5.32 Å². The molecule has 0 atom stereocenters. The number of halogens is 1. The molecule has 0 radical (unpaired) electrons. The van der Waals surface area contributed by atoms with Gasteiger partial charge in [-0.25, -0.2) is 4.79 Å². The van der Waals surface area contributed by atoms with Crippen LogP contribution >= 0.6 is 15.9 Å². The summed E-state index contributed by atoms with van der Waals surface area (Å²) in [4.78, 5) is 11.6. The van der Waals surface area contributed by atoms with Crippen molar-refractivity contribution in [2.45, 2.75) is 0 Å². The lowest BCUT2D eigenvalue weighted by Crippen LogP contribution is -2.30. The van der Waals surface area contributed by atoms with Crippen molar-refractivity contribution in [3.8, 4) is 0 Å². The molecule has 18 heavy (non-hydrogen) atoms. The van der Waals surface area contributed by atoms with Gasteiger partial charge in [0, 0.05) is 16.7 Å². The van der Waals surface area contributed by atoms with Crippen molar-refractivity contribution in [3.05, 3.63) is 65.7 Å². The minimum absolute atomic E-state index is 0.255. The van der Waals surface area contributed by atoms with Gasteiger partial charge in [0.2, 0.25) is 0 Å². The second kappa shape index (κ2) is 7.50. The first-order valence-corrected chi connectivity index (χ1v) is 6.19. The molecule has 1 aromatic carbocycles. The Labute approximate surface area is 115 Å². The maximum absolute atomic E-state index is 11.6.